The van der Waals surface area contributed by atoms with Crippen molar-refractivity contribution in [3.63, 3.8) is 0 Å². The first-order chi connectivity index (χ1) is 15.7. The molecular formula is C26H22Cl3NO3. The summed E-state index contributed by atoms with van der Waals surface area (Å²) >= 11 is 12.3. The molecular weight excluding hydrogens is 481 g/mol. The quantitative estimate of drug-likeness (QED) is 0.291. The second-order valence-electron chi connectivity index (χ2n) is 7.58. The molecule has 4 nitrogen and oxygen atoms in total. The van der Waals surface area contributed by atoms with Crippen LogP contribution in [0.2, 0.25) is 10.0 Å². The number of ether oxygens (including phenoxy) is 3. The van der Waals surface area contributed by atoms with Gasteiger partial charge in [0.1, 0.15) is 12.4 Å². The van der Waals surface area contributed by atoms with Crippen molar-refractivity contribution in [1.29, 1.82) is 0 Å². The van der Waals surface area contributed by atoms with Gasteiger partial charge in [-0.15, -0.1) is 12.4 Å². The average Bonchev–Trinajstić information content (AvgIpc) is 3.27. The topological polar surface area (TPSA) is 39.7 Å². The smallest absolute Gasteiger partial charge is 0.231 e. The zero-order valence-electron chi connectivity index (χ0n) is 17.6. The number of hydrogen-bond donors (Lipinski definition) is 1. The first-order valence-electron chi connectivity index (χ1n) is 10.3. The number of nitrogens with one attached hydrogen (secondary N) is 1. The lowest BCUT2D eigenvalue weighted by Gasteiger charge is -2.16. The van der Waals surface area contributed by atoms with Gasteiger partial charge in [-0.3, -0.25) is 0 Å². The number of rotatable bonds is 7. The molecule has 0 spiro atoms. The largest absolute Gasteiger partial charge is 0.488 e. The third-order valence-corrected chi connectivity index (χ3v) is 6.05. The van der Waals surface area contributed by atoms with Crippen LogP contribution in [0.4, 0.5) is 0 Å². The summed E-state index contributed by atoms with van der Waals surface area (Å²) in [6.07, 6.45) is 0. The Balaban J connectivity index is 0.00000259. The Kier molecular flexibility index (Phi) is 7.51. The van der Waals surface area contributed by atoms with Gasteiger partial charge in [0.2, 0.25) is 6.79 Å². The van der Waals surface area contributed by atoms with E-state index in [1.54, 1.807) is 6.07 Å². The lowest BCUT2D eigenvalue weighted by atomic mass is 10.0. The van der Waals surface area contributed by atoms with Crippen molar-refractivity contribution in [2.45, 2.75) is 19.7 Å². The molecule has 0 atom stereocenters. The van der Waals surface area contributed by atoms with Crippen LogP contribution in [0, 0.1) is 0 Å². The van der Waals surface area contributed by atoms with Crippen LogP contribution >= 0.6 is 35.6 Å². The first-order valence-corrected chi connectivity index (χ1v) is 11.1. The van der Waals surface area contributed by atoms with Crippen molar-refractivity contribution in [2.75, 3.05) is 6.79 Å². The van der Waals surface area contributed by atoms with Crippen LogP contribution in [-0.2, 0) is 19.7 Å². The fraction of sp³-hybridized carbons (Fsp3) is 0.154. The normalized spacial score (nSPS) is 11.9. The molecule has 0 radical (unpaired) electrons. The molecule has 0 saturated heterocycles. The molecule has 7 heteroatoms. The Bertz CT molecular complexity index is 1280. The van der Waals surface area contributed by atoms with Gasteiger partial charge in [-0.1, -0.05) is 65.7 Å². The fourth-order valence-electron chi connectivity index (χ4n) is 3.81. The lowest BCUT2D eigenvalue weighted by molar-refractivity contribution is 0.174. The minimum Gasteiger partial charge on any atom is -0.488 e. The fourth-order valence-corrected chi connectivity index (χ4v) is 4.27. The molecule has 0 bridgehead atoms. The standard InChI is InChI=1S/C26H21Cl2NO3.ClH/c27-20-8-6-19(23(28)12-20)15-30-24-10-7-18-3-1-2-4-21(18)22(24)14-29-13-17-5-9-25-26(11-17)32-16-31-25;/h1-12,29H,13-16H2;1H. The molecule has 1 heterocycles. The van der Waals surface area contributed by atoms with Crippen molar-refractivity contribution in [1.82, 2.24) is 5.32 Å². The Morgan fingerprint density at radius 2 is 1.70 bits per heavy atom. The van der Waals surface area contributed by atoms with Crippen molar-refractivity contribution in [3.8, 4) is 17.2 Å². The van der Waals surface area contributed by atoms with Gasteiger partial charge in [0.05, 0.1) is 0 Å². The van der Waals surface area contributed by atoms with E-state index in [0.29, 0.717) is 29.7 Å². The van der Waals surface area contributed by atoms with E-state index < -0.39 is 0 Å². The highest BCUT2D eigenvalue weighted by atomic mass is 35.5. The molecule has 4 aromatic rings. The molecule has 33 heavy (non-hydrogen) atoms. The van der Waals surface area contributed by atoms with Crippen LogP contribution in [-0.4, -0.2) is 6.79 Å². The van der Waals surface area contributed by atoms with Crippen molar-refractivity contribution < 1.29 is 14.2 Å². The molecule has 0 aromatic heterocycles. The number of benzene rings is 4. The maximum Gasteiger partial charge on any atom is 0.231 e. The van der Waals surface area contributed by atoms with Gasteiger partial charge < -0.3 is 19.5 Å². The first kappa shape index (κ1) is 23.5. The summed E-state index contributed by atoms with van der Waals surface area (Å²) in [5.74, 6) is 2.41. The molecule has 0 fully saturated rings. The maximum atomic E-state index is 6.33. The summed E-state index contributed by atoms with van der Waals surface area (Å²) in [5.41, 5.74) is 3.13. The Morgan fingerprint density at radius 1 is 0.848 bits per heavy atom. The third kappa shape index (κ3) is 5.31. The van der Waals surface area contributed by atoms with E-state index in [4.69, 9.17) is 37.4 Å². The monoisotopic (exact) mass is 501 g/mol. The minimum atomic E-state index is 0. The predicted molar refractivity (Wildman–Crippen MR) is 135 cm³/mol. The number of fused-ring (bicyclic) bond motifs is 2. The van der Waals surface area contributed by atoms with Gasteiger partial charge >= 0.3 is 0 Å². The minimum absolute atomic E-state index is 0. The van der Waals surface area contributed by atoms with Gasteiger partial charge in [0, 0.05) is 34.3 Å². The maximum absolute atomic E-state index is 6.33. The van der Waals surface area contributed by atoms with Gasteiger partial charge in [0.15, 0.2) is 11.5 Å². The Labute approximate surface area is 208 Å². The highest BCUT2D eigenvalue weighted by Gasteiger charge is 2.14. The van der Waals surface area contributed by atoms with Crippen LogP contribution in [0.15, 0.2) is 72.8 Å². The van der Waals surface area contributed by atoms with E-state index >= 15 is 0 Å². The van der Waals surface area contributed by atoms with Gasteiger partial charge in [-0.05, 0) is 46.7 Å². The van der Waals surface area contributed by atoms with Crippen LogP contribution < -0.4 is 19.5 Å². The summed E-state index contributed by atoms with van der Waals surface area (Å²) in [6.45, 7) is 1.99. The molecule has 1 aliphatic heterocycles. The van der Waals surface area contributed by atoms with Crippen LogP contribution in [0.1, 0.15) is 16.7 Å². The zero-order valence-corrected chi connectivity index (χ0v) is 20.0. The third-order valence-electron chi connectivity index (χ3n) is 5.46. The summed E-state index contributed by atoms with van der Waals surface area (Å²) in [4.78, 5) is 0. The van der Waals surface area contributed by atoms with Crippen molar-refractivity contribution in [3.05, 3.63) is 99.5 Å². The number of halogens is 3. The lowest BCUT2D eigenvalue weighted by Crippen LogP contribution is -2.14. The molecule has 4 aromatic carbocycles. The van der Waals surface area contributed by atoms with E-state index in [0.717, 1.165) is 39.3 Å². The summed E-state index contributed by atoms with van der Waals surface area (Å²) in [5, 5.41) is 7.07. The van der Waals surface area contributed by atoms with Gasteiger partial charge in [-0.25, -0.2) is 0 Å². The molecule has 0 aliphatic carbocycles. The molecule has 0 saturated carbocycles. The van der Waals surface area contributed by atoms with Crippen LogP contribution in [0.3, 0.4) is 0 Å². The molecule has 0 amide bonds. The van der Waals surface area contributed by atoms with E-state index in [9.17, 15) is 0 Å². The number of hydrogen-bond acceptors (Lipinski definition) is 4. The Hall–Kier alpha value is -2.63. The van der Waals surface area contributed by atoms with E-state index in [2.05, 4.69) is 23.5 Å². The SMILES string of the molecule is Cl.Clc1ccc(COc2ccc3ccccc3c2CNCc2ccc3c(c2)OCO3)c(Cl)c1. The molecule has 170 valence electrons. The summed E-state index contributed by atoms with van der Waals surface area (Å²) in [7, 11) is 0. The highest BCUT2D eigenvalue weighted by molar-refractivity contribution is 6.35. The van der Waals surface area contributed by atoms with Crippen molar-refractivity contribution in [2.24, 2.45) is 0 Å². The second kappa shape index (κ2) is 10.5. The molecule has 5 rings (SSSR count). The molecule has 1 aliphatic rings. The molecule has 1 N–H and O–H groups in total. The highest BCUT2D eigenvalue weighted by Crippen LogP contribution is 2.33. The van der Waals surface area contributed by atoms with E-state index in [1.165, 1.54) is 5.39 Å². The zero-order chi connectivity index (χ0) is 21.9. The van der Waals surface area contributed by atoms with Crippen molar-refractivity contribution >= 4 is 46.4 Å². The second-order valence-corrected chi connectivity index (χ2v) is 8.42. The van der Waals surface area contributed by atoms with Gasteiger partial charge in [-0.2, -0.15) is 0 Å². The molecule has 0 unspecified atom stereocenters. The van der Waals surface area contributed by atoms with E-state index in [1.807, 2.05) is 48.5 Å². The Morgan fingerprint density at radius 3 is 2.58 bits per heavy atom. The van der Waals surface area contributed by atoms with E-state index in [-0.39, 0.29) is 19.2 Å². The average molecular weight is 503 g/mol. The summed E-state index contributed by atoms with van der Waals surface area (Å²) < 4.78 is 17.1. The van der Waals surface area contributed by atoms with Crippen LogP contribution in [0.25, 0.3) is 10.8 Å². The summed E-state index contributed by atoms with van der Waals surface area (Å²) in [6, 6.07) is 23.9. The van der Waals surface area contributed by atoms with Gasteiger partial charge in [0.25, 0.3) is 0 Å². The predicted octanol–water partition coefficient (Wildman–Crippen LogP) is 7.17. The van der Waals surface area contributed by atoms with Crippen LogP contribution in [0.5, 0.6) is 17.2 Å².